The summed E-state index contributed by atoms with van der Waals surface area (Å²) in [6, 6.07) is 17.6. The minimum absolute atomic E-state index is 0.165. The minimum atomic E-state index is -0.942. The summed E-state index contributed by atoms with van der Waals surface area (Å²) in [6.45, 7) is 5.71. The highest BCUT2D eigenvalue weighted by molar-refractivity contribution is 9.10. The molecule has 3 amide bonds. The van der Waals surface area contributed by atoms with E-state index in [0.717, 1.165) is 21.2 Å². The average Bonchev–Trinajstić information content (AvgIpc) is 3.16. The fourth-order valence-electron chi connectivity index (χ4n) is 3.56. The number of aryl methyl sites for hydroxylation is 2. The van der Waals surface area contributed by atoms with Crippen molar-refractivity contribution in [2.45, 2.75) is 20.8 Å². The van der Waals surface area contributed by atoms with Crippen LogP contribution >= 0.6 is 27.5 Å². The van der Waals surface area contributed by atoms with Gasteiger partial charge in [-0.2, -0.15) is 0 Å². The first-order valence-corrected chi connectivity index (χ1v) is 11.9. The molecule has 0 saturated carbocycles. The van der Waals surface area contributed by atoms with Crippen LogP contribution in [0.25, 0.3) is 10.9 Å². The lowest BCUT2D eigenvalue weighted by atomic mass is 10.1. The Hall–Kier alpha value is -3.62. The Bertz CT molecular complexity index is 1500. The van der Waals surface area contributed by atoms with Crippen molar-refractivity contribution in [2.24, 2.45) is 0 Å². The number of hydrogen-bond acceptors (Lipinski definition) is 3. The Balaban J connectivity index is 1.64. The molecule has 4 aromatic rings. The highest BCUT2D eigenvalue weighted by Gasteiger charge is 2.22. The van der Waals surface area contributed by atoms with E-state index in [9.17, 15) is 14.4 Å². The quantitative estimate of drug-likeness (QED) is 0.273. The number of hydrogen-bond donors (Lipinski definition) is 3. The van der Waals surface area contributed by atoms with Crippen LogP contribution in [0.2, 0.25) is 5.02 Å². The minimum Gasteiger partial charge on any atom is -0.320 e. The summed E-state index contributed by atoms with van der Waals surface area (Å²) in [5.41, 5.74) is 7.13. The van der Waals surface area contributed by atoms with Crippen LogP contribution in [-0.2, 0) is 9.59 Å². The molecule has 0 bridgehead atoms. The Kier molecular flexibility index (Phi) is 6.95. The van der Waals surface area contributed by atoms with E-state index in [4.69, 9.17) is 11.6 Å². The molecule has 1 heterocycles. The maximum absolute atomic E-state index is 13.3. The van der Waals surface area contributed by atoms with E-state index in [1.807, 2.05) is 45.0 Å². The molecule has 0 aliphatic carbocycles. The van der Waals surface area contributed by atoms with Gasteiger partial charge in [0.15, 0.2) is 0 Å². The van der Waals surface area contributed by atoms with E-state index in [2.05, 4.69) is 32.0 Å². The normalized spacial score (nSPS) is 10.8. The summed E-state index contributed by atoms with van der Waals surface area (Å²) in [6.07, 6.45) is 0. The highest BCUT2D eigenvalue weighted by atomic mass is 79.9. The molecule has 4 rings (SSSR count). The number of benzene rings is 3. The Morgan fingerprint density at radius 2 is 1.63 bits per heavy atom. The van der Waals surface area contributed by atoms with Crippen molar-refractivity contribution in [3.8, 4) is 0 Å². The van der Waals surface area contributed by atoms with Gasteiger partial charge in [-0.15, -0.1) is 0 Å². The predicted molar refractivity (Wildman–Crippen MR) is 143 cm³/mol. The predicted octanol–water partition coefficient (Wildman–Crippen LogP) is 5.94. The van der Waals surface area contributed by atoms with E-state index in [-0.39, 0.29) is 5.69 Å². The molecular formula is C26H22BrClN4O3. The molecular weight excluding hydrogens is 532 g/mol. The van der Waals surface area contributed by atoms with E-state index in [1.54, 1.807) is 36.4 Å². The molecule has 1 aromatic heterocycles. The third kappa shape index (κ3) is 5.23. The van der Waals surface area contributed by atoms with Gasteiger partial charge in [-0.3, -0.25) is 19.8 Å². The number of fused-ring (bicyclic) bond motifs is 1. The number of anilines is 2. The van der Waals surface area contributed by atoms with Crippen molar-refractivity contribution in [1.29, 1.82) is 0 Å². The van der Waals surface area contributed by atoms with Crippen molar-refractivity contribution < 1.29 is 14.4 Å². The molecule has 3 N–H and O–H groups in total. The third-order valence-corrected chi connectivity index (χ3v) is 6.60. The van der Waals surface area contributed by atoms with Gasteiger partial charge in [0.25, 0.3) is 5.91 Å². The summed E-state index contributed by atoms with van der Waals surface area (Å²) < 4.78 is 2.12. The van der Waals surface area contributed by atoms with Gasteiger partial charge in [-0.05, 0) is 79.9 Å². The zero-order chi connectivity index (χ0) is 25.3. The zero-order valence-electron chi connectivity index (χ0n) is 19.2. The van der Waals surface area contributed by atoms with Crippen LogP contribution in [0, 0.1) is 20.8 Å². The molecule has 0 aliphatic rings. The van der Waals surface area contributed by atoms with E-state index < -0.39 is 17.7 Å². The van der Waals surface area contributed by atoms with Crippen molar-refractivity contribution in [3.63, 3.8) is 0 Å². The monoisotopic (exact) mass is 552 g/mol. The molecule has 0 aliphatic heterocycles. The van der Waals surface area contributed by atoms with Crippen LogP contribution in [-0.4, -0.2) is 22.4 Å². The largest absolute Gasteiger partial charge is 0.328 e. The van der Waals surface area contributed by atoms with Crippen LogP contribution in [0.5, 0.6) is 0 Å². The number of halogens is 2. The van der Waals surface area contributed by atoms with Crippen molar-refractivity contribution in [1.82, 2.24) is 4.68 Å². The van der Waals surface area contributed by atoms with Crippen LogP contribution in [0.1, 0.15) is 27.2 Å². The summed E-state index contributed by atoms with van der Waals surface area (Å²) in [5, 5.41) is 6.60. The first kappa shape index (κ1) is 24.5. The fraction of sp³-hybridized carbons (Fsp3) is 0.115. The van der Waals surface area contributed by atoms with Gasteiger partial charge in [0.05, 0.1) is 5.52 Å². The van der Waals surface area contributed by atoms with Gasteiger partial charge in [0, 0.05) is 26.3 Å². The maximum atomic E-state index is 13.3. The van der Waals surface area contributed by atoms with Gasteiger partial charge >= 0.3 is 11.8 Å². The molecule has 0 atom stereocenters. The first-order valence-electron chi connectivity index (χ1n) is 10.7. The molecule has 9 heteroatoms. The topological polar surface area (TPSA) is 92.2 Å². The van der Waals surface area contributed by atoms with Gasteiger partial charge in [-0.25, -0.2) is 4.68 Å². The second-order valence-corrected chi connectivity index (χ2v) is 9.45. The number of amides is 3. The molecule has 0 saturated heterocycles. The van der Waals surface area contributed by atoms with E-state index in [1.165, 1.54) is 4.68 Å². The van der Waals surface area contributed by atoms with Crippen molar-refractivity contribution in [2.75, 3.05) is 16.1 Å². The number of aromatic nitrogens is 1. The summed E-state index contributed by atoms with van der Waals surface area (Å²) >= 11 is 9.53. The van der Waals surface area contributed by atoms with Gasteiger partial charge in [0.2, 0.25) is 0 Å². The number of nitrogens with zero attached hydrogens (tertiary/aromatic N) is 1. The van der Waals surface area contributed by atoms with Crippen LogP contribution in [0.3, 0.4) is 0 Å². The SMILES string of the molecule is Cc1ccc(NC(=O)C(=O)Nn2c(C(=O)Nc3cccc(C)c3C)cc3cc(Br)ccc32)cc1Cl. The summed E-state index contributed by atoms with van der Waals surface area (Å²) in [4.78, 5) is 38.6. The lowest BCUT2D eigenvalue weighted by Gasteiger charge is -2.14. The number of nitrogens with one attached hydrogen (secondary N) is 3. The number of rotatable bonds is 4. The second kappa shape index (κ2) is 9.93. The highest BCUT2D eigenvalue weighted by Crippen LogP contribution is 2.25. The fourth-order valence-corrected chi connectivity index (χ4v) is 4.12. The maximum Gasteiger partial charge on any atom is 0.328 e. The second-order valence-electron chi connectivity index (χ2n) is 8.13. The first-order chi connectivity index (χ1) is 16.6. The Morgan fingerprint density at radius 3 is 2.37 bits per heavy atom. The molecule has 7 nitrogen and oxygen atoms in total. The van der Waals surface area contributed by atoms with Crippen molar-refractivity contribution in [3.05, 3.63) is 92.5 Å². The third-order valence-electron chi connectivity index (χ3n) is 5.70. The molecule has 178 valence electrons. The summed E-state index contributed by atoms with van der Waals surface area (Å²) in [5.74, 6) is -2.27. The number of carbonyl (C=O) groups is 3. The average molecular weight is 554 g/mol. The van der Waals surface area contributed by atoms with Crippen LogP contribution in [0.15, 0.2) is 65.1 Å². The molecule has 0 radical (unpaired) electrons. The van der Waals surface area contributed by atoms with E-state index >= 15 is 0 Å². The van der Waals surface area contributed by atoms with Crippen LogP contribution in [0.4, 0.5) is 11.4 Å². The lowest BCUT2D eigenvalue weighted by Crippen LogP contribution is -2.36. The van der Waals surface area contributed by atoms with Crippen LogP contribution < -0.4 is 16.1 Å². The van der Waals surface area contributed by atoms with Gasteiger partial charge < -0.3 is 10.6 Å². The zero-order valence-corrected chi connectivity index (χ0v) is 21.5. The molecule has 0 spiro atoms. The molecule has 0 fully saturated rings. The smallest absolute Gasteiger partial charge is 0.320 e. The molecule has 3 aromatic carbocycles. The van der Waals surface area contributed by atoms with Gasteiger partial charge in [-0.1, -0.05) is 45.7 Å². The lowest BCUT2D eigenvalue weighted by molar-refractivity contribution is -0.133. The van der Waals surface area contributed by atoms with Crippen molar-refractivity contribution >= 4 is 67.5 Å². The standard InChI is InChI=1S/C26H22BrClN4O3/c1-14-5-4-6-21(16(14)3)30-24(33)23-12-17-11-18(27)8-10-22(17)32(23)31-26(35)25(34)29-19-9-7-15(2)20(28)13-19/h4-13H,1-3H3,(H,29,34)(H,30,33)(H,31,35). The molecule has 0 unspecified atom stereocenters. The Labute approximate surface area is 215 Å². The van der Waals surface area contributed by atoms with E-state index in [0.29, 0.717) is 27.3 Å². The number of carbonyl (C=O) groups excluding carboxylic acids is 3. The summed E-state index contributed by atoms with van der Waals surface area (Å²) in [7, 11) is 0. The Morgan fingerprint density at radius 1 is 0.857 bits per heavy atom. The van der Waals surface area contributed by atoms with Gasteiger partial charge in [0.1, 0.15) is 5.69 Å². The molecule has 35 heavy (non-hydrogen) atoms.